The molecule has 2 aromatic carbocycles. The van der Waals surface area contributed by atoms with Crippen LogP contribution in [0.1, 0.15) is 29.9 Å². The SMILES string of the molecule is O=C(Cc1ccc(Cl)cc1)CC1CNCCC1c1ccccc1. The van der Waals surface area contributed by atoms with Crippen LogP contribution < -0.4 is 5.32 Å². The molecule has 0 saturated carbocycles. The Morgan fingerprint density at radius 2 is 1.83 bits per heavy atom. The van der Waals surface area contributed by atoms with Crippen LogP contribution in [0.15, 0.2) is 54.6 Å². The molecule has 3 rings (SSSR count). The number of hydrogen-bond acceptors (Lipinski definition) is 2. The number of ketones is 1. The van der Waals surface area contributed by atoms with Gasteiger partial charge in [-0.15, -0.1) is 0 Å². The van der Waals surface area contributed by atoms with Gasteiger partial charge in [0.15, 0.2) is 0 Å². The Kier molecular flexibility index (Phi) is 5.47. The highest BCUT2D eigenvalue weighted by Crippen LogP contribution is 2.32. The van der Waals surface area contributed by atoms with Gasteiger partial charge in [-0.05, 0) is 54.6 Å². The van der Waals surface area contributed by atoms with Crippen molar-refractivity contribution in [2.24, 2.45) is 5.92 Å². The second-order valence-electron chi connectivity index (χ2n) is 6.32. The van der Waals surface area contributed by atoms with E-state index in [4.69, 9.17) is 11.6 Å². The third kappa shape index (κ3) is 4.43. The van der Waals surface area contributed by atoms with Gasteiger partial charge in [0.1, 0.15) is 5.78 Å². The first-order valence-corrected chi connectivity index (χ1v) is 8.62. The van der Waals surface area contributed by atoms with E-state index >= 15 is 0 Å². The van der Waals surface area contributed by atoms with Crippen LogP contribution in [0.4, 0.5) is 0 Å². The Morgan fingerprint density at radius 3 is 2.57 bits per heavy atom. The molecule has 1 aliphatic rings. The number of nitrogens with one attached hydrogen (secondary N) is 1. The summed E-state index contributed by atoms with van der Waals surface area (Å²) in [6, 6.07) is 18.2. The zero-order chi connectivity index (χ0) is 16.1. The molecular formula is C20H22ClNO. The molecule has 0 bridgehead atoms. The van der Waals surface area contributed by atoms with Gasteiger partial charge in [0.25, 0.3) is 0 Å². The van der Waals surface area contributed by atoms with E-state index in [0.717, 1.165) is 25.1 Å². The van der Waals surface area contributed by atoms with Crippen LogP contribution in [0.3, 0.4) is 0 Å². The summed E-state index contributed by atoms with van der Waals surface area (Å²) in [5.74, 6) is 1.17. The summed E-state index contributed by atoms with van der Waals surface area (Å²) in [6.07, 6.45) is 2.23. The van der Waals surface area contributed by atoms with Crippen molar-refractivity contribution in [3.8, 4) is 0 Å². The average molecular weight is 328 g/mol. The van der Waals surface area contributed by atoms with Crippen molar-refractivity contribution >= 4 is 17.4 Å². The molecule has 2 unspecified atom stereocenters. The standard InChI is InChI=1S/C20H22ClNO/c21-18-8-6-15(7-9-18)12-19(23)13-17-14-22-11-10-20(17)16-4-2-1-3-5-16/h1-9,17,20,22H,10-14H2. The van der Waals surface area contributed by atoms with Gasteiger partial charge in [0.2, 0.25) is 0 Å². The van der Waals surface area contributed by atoms with E-state index in [0.29, 0.717) is 35.5 Å². The molecule has 1 heterocycles. The fourth-order valence-electron chi connectivity index (χ4n) is 3.47. The summed E-state index contributed by atoms with van der Waals surface area (Å²) in [5.41, 5.74) is 2.40. The zero-order valence-corrected chi connectivity index (χ0v) is 13.9. The minimum absolute atomic E-state index is 0.307. The van der Waals surface area contributed by atoms with Gasteiger partial charge < -0.3 is 5.32 Å². The van der Waals surface area contributed by atoms with Crippen molar-refractivity contribution in [2.75, 3.05) is 13.1 Å². The lowest BCUT2D eigenvalue weighted by molar-refractivity contribution is -0.119. The monoisotopic (exact) mass is 327 g/mol. The number of Topliss-reactive ketones (excluding diaryl/α,β-unsaturated/α-hetero) is 1. The molecule has 0 aromatic heterocycles. The quantitative estimate of drug-likeness (QED) is 0.890. The molecule has 3 heteroatoms. The number of carbonyl (C=O) groups excluding carboxylic acids is 1. The number of piperidine rings is 1. The van der Waals surface area contributed by atoms with Crippen molar-refractivity contribution in [3.05, 3.63) is 70.7 Å². The maximum Gasteiger partial charge on any atom is 0.137 e. The molecule has 2 atom stereocenters. The molecule has 120 valence electrons. The first kappa shape index (κ1) is 16.2. The maximum atomic E-state index is 12.5. The summed E-state index contributed by atoms with van der Waals surface area (Å²) >= 11 is 5.90. The van der Waals surface area contributed by atoms with Crippen molar-refractivity contribution in [1.82, 2.24) is 5.32 Å². The van der Waals surface area contributed by atoms with Crippen LogP contribution >= 0.6 is 11.6 Å². The first-order valence-electron chi connectivity index (χ1n) is 8.24. The van der Waals surface area contributed by atoms with Gasteiger partial charge >= 0.3 is 0 Å². The van der Waals surface area contributed by atoms with Gasteiger partial charge in [0.05, 0.1) is 0 Å². The summed E-state index contributed by atoms with van der Waals surface area (Å²) in [4.78, 5) is 12.5. The van der Waals surface area contributed by atoms with E-state index in [-0.39, 0.29) is 0 Å². The minimum atomic E-state index is 0.307. The lowest BCUT2D eigenvalue weighted by Crippen LogP contribution is -2.36. The number of rotatable bonds is 5. The Labute approximate surface area is 142 Å². The smallest absolute Gasteiger partial charge is 0.137 e. The minimum Gasteiger partial charge on any atom is -0.316 e. The largest absolute Gasteiger partial charge is 0.316 e. The number of hydrogen-bond donors (Lipinski definition) is 1. The van der Waals surface area contributed by atoms with E-state index in [1.165, 1.54) is 5.56 Å². The molecule has 0 amide bonds. The molecule has 2 aromatic rings. The number of carbonyl (C=O) groups is 1. The highest BCUT2D eigenvalue weighted by Gasteiger charge is 2.27. The van der Waals surface area contributed by atoms with E-state index in [9.17, 15) is 4.79 Å². The van der Waals surface area contributed by atoms with Gasteiger partial charge in [-0.25, -0.2) is 0 Å². The third-order valence-electron chi connectivity index (χ3n) is 4.64. The second-order valence-corrected chi connectivity index (χ2v) is 6.75. The van der Waals surface area contributed by atoms with E-state index in [2.05, 4.69) is 29.6 Å². The molecule has 2 nitrogen and oxygen atoms in total. The summed E-state index contributed by atoms with van der Waals surface area (Å²) in [7, 11) is 0. The Balaban J connectivity index is 1.64. The summed E-state index contributed by atoms with van der Waals surface area (Å²) in [6.45, 7) is 1.95. The number of benzene rings is 2. The molecule has 1 aliphatic heterocycles. The topological polar surface area (TPSA) is 29.1 Å². The Morgan fingerprint density at radius 1 is 1.09 bits per heavy atom. The van der Waals surface area contributed by atoms with Crippen LogP contribution in [-0.4, -0.2) is 18.9 Å². The lowest BCUT2D eigenvalue weighted by atomic mass is 9.78. The van der Waals surface area contributed by atoms with Crippen LogP contribution in [0.5, 0.6) is 0 Å². The highest BCUT2D eigenvalue weighted by atomic mass is 35.5. The van der Waals surface area contributed by atoms with Crippen molar-refractivity contribution in [3.63, 3.8) is 0 Å². The second kappa shape index (κ2) is 7.76. The van der Waals surface area contributed by atoms with Crippen LogP contribution in [0.25, 0.3) is 0 Å². The van der Waals surface area contributed by atoms with Crippen LogP contribution in [0, 0.1) is 5.92 Å². The lowest BCUT2D eigenvalue weighted by Gasteiger charge is -2.32. The van der Waals surface area contributed by atoms with E-state index in [1.54, 1.807) is 0 Å². The molecule has 23 heavy (non-hydrogen) atoms. The predicted molar refractivity (Wildman–Crippen MR) is 94.9 cm³/mol. The van der Waals surface area contributed by atoms with Gasteiger partial charge in [-0.3, -0.25) is 4.79 Å². The molecule has 0 spiro atoms. The fraction of sp³-hybridized carbons (Fsp3) is 0.350. The van der Waals surface area contributed by atoms with Crippen molar-refractivity contribution in [2.45, 2.75) is 25.2 Å². The average Bonchev–Trinajstić information content (AvgIpc) is 2.58. The Hall–Kier alpha value is -1.64. The van der Waals surface area contributed by atoms with Crippen LogP contribution in [0.2, 0.25) is 5.02 Å². The van der Waals surface area contributed by atoms with Crippen molar-refractivity contribution < 1.29 is 4.79 Å². The third-order valence-corrected chi connectivity index (χ3v) is 4.89. The predicted octanol–water partition coefficient (Wildman–Crippen LogP) is 4.24. The molecule has 1 N–H and O–H groups in total. The summed E-state index contributed by atoms with van der Waals surface area (Å²) in [5, 5.41) is 4.15. The normalized spacial score (nSPS) is 21.1. The highest BCUT2D eigenvalue weighted by molar-refractivity contribution is 6.30. The van der Waals surface area contributed by atoms with Gasteiger partial charge in [0, 0.05) is 17.9 Å². The summed E-state index contributed by atoms with van der Waals surface area (Å²) < 4.78 is 0. The molecule has 0 radical (unpaired) electrons. The van der Waals surface area contributed by atoms with E-state index < -0.39 is 0 Å². The fourth-order valence-corrected chi connectivity index (χ4v) is 3.60. The van der Waals surface area contributed by atoms with Gasteiger partial charge in [-0.1, -0.05) is 54.1 Å². The molecule has 0 aliphatic carbocycles. The number of halogens is 1. The maximum absolute atomic E-state index is 12.5. The molecule has 1 fully saturated rings. The first-order chi connectivity index (χ1) is 11.2. The zero-order valence-electron chi connectivity index (χ0n) is 13.2. The van der Waals surface area contributed by atoms with Crippen molar-refractivity contribution in [1.29, 1.82) is 0 Å². The molecular weight excluding hydrogens is 306 g/mol. The van der Waals surface area contributed by atoms with Crippen LogP contribution in [-0.2, 0) is 11.2 Å². The Bertz CT molecular complexity index is 638. The molecule has 1 saturated heterocycles. The van der Waals surface area contributed by atoms with Gasteiger partial charge in [-0.2, -0.15) is 0 Å². The van der Waals surface area contributed by atoms with E-state index in [1.807, 2.05) is 30.3 Å².